The summed E-state index contributed by atoms with van der Waals surface area (Å²) < 4.78 is 29.0. The van der Waals surface area contributed by atoms with Gasteiger partial charge in [-0.25, -0.2) is 13.6 Å². The fraction of sp³-hybridized carbons (Fsp3) is 0.538. The molecule has 2 N–H and O–H groups in total. The van der Waals surface area contributed by atoms with Crippen molar-refractivity contribution in [2.75, 3.05) is 12.4 Å². The summed E-state index contributed by atoms with van der Waals surface area (Å²) in [6.45, 7) is 4.34. The molecule has 0 saturated heterocycles. The van der Waals surface area contributed by atoms with Crippen molar-refractivity contribution in [3.63, 3.8) is 0 Å². The molecule has 108 valence electrons. The molecule has 0 saturated carbocycles. The van der Waals surface area contributed by atoms with Crippen LogP contribution in [0.2, 0.25) is 0 Å². The van der Waals surface area contributed by atoms with Gasteiger partial charge in [-0.2, -0.15) is 0 Å². The molecule has 0 aliphatic rings. The Bertz CT molecular complexity index is 517. The van der Waals surface area contributed by atoms with E-state index in [1.165, 1.54) is 0 Å². The van der Waals surface area contributed by atoms with Gasteiger partial charge in [0.2, 0.25) is 10.0 Å². The van der Waals surface area contributed by atoms with Crippen LogP contribution in [0, 0.1) is 12.8 Å². The molecule has 6 heteroatoms. The molecule has 0 radical (unpaired) electrons. The zero-order valence-corrected chi connectivity index (χ0v) is 13.6. The number of benzene rings is 1. The lowest BCUT2D eigenvalue weighted by atomic mass is 10.1. The zero-order chi connectivity index (χ0) is 14.5. The topological polar surface area (TPSA) is 69.4 Å². The van der Waals surface area contributed by atoms with Gasteiger partial charge >= 0.3 is 0 Å². The van der Waals surface area contributed by atoms with Crippen LogP contribution in [0.15, 0.2) is 22.7 Å². The van der Waals surface area contributed by atoms with Crippen LogP contribution in [0.1, 0.15) is 25.3 Å². The minimum absolute atomic E-state index is 0.0313. The highest BCUT2D eigenvalue weighted by molar-refractivity contribution is 9.10. The fourth-order valence-corrected chi connectivity index (χ4v) is 3.33. The quantitative estimate of drug-likeness (QED) is 0.822. The maximum absolute atomic E-state index is 11.2. The molecule has 0 bridgehead atoms. The molecule has 0 aromatic heterocycles. The predicted octanol–water partition coefficient (Wildman–Crippen LogP) is 2.84. The van der Waals surface area contributed by atoms with E-state index in [-0.39, 0.29) is 11.7 Å². The third-order valence-electron chi connectivity index (χ3n) is 2.78. The van der Waals surface area contributed by atoms with E-state index in [0.717, 1.165) is 28.6 Å². The van der Waals surface area contributed by atoms with Crippen LogP contribution in [0.4, 0.5) is 0 Å². The summed E-state index contributed by atoms with van der Waals surface area (Å²) in [7, 11) is -3.45. The minimum atomic E-state index is -3.45. The summed E-state index contributed by atoms with van der Waals surface area (Å²) in [6.07, 6.45) is 1.69. The van der Waals surface area contributed by atoms with Crippen LogP contribution in [0.3, 0.4) is 0 Å². The number of hydrogen-bond acceptors (Lipinski definition) is 3. The molecule has 1 aromatic carbocycles. The zero-order valence-electron chi connectivity index (χ0n) is 11.2. The van der Waals surface area contributed by atoms with Crippen LogP contribution in [-0.4, -0.2) is 20.8 Å². The van der Waals surface area contributed by atoms with Crippen molar-refractivity contribution in [2.45, 2.75) is 26.7 Å². The second-order valence-corrected chi connectivity index (χ2v) is 7.28. The number of nitrogens with two attached hydrogens (primary N) is 1. The molecule has 1 atom stereocenters. The second kappa shape index (κ2) is 7.26. The molecular weight excluding hydrogens is 330 g/mol. The third-order valence-corrected chi connectivity index (χ3v) is 4.21. The van der Waals surface area contributed by atoms with Gasteiger partial charge in [0.25, 0.3) is 0 Å². The Morgan fingerprint density at radius 2 is 2.11 bits per heavy atom. The fourth-order valence-electron chi connectivity index (χ4n) is 1.93. The first-order chi connectivity index (χ1) is 8.81. The van der Waals surface area contributed by atoms with Crippen LogP contribution in [0.5, 0.6) is 5.75 Å². The van der Waals surface area contributed by atoms with Gasteiger partial charge in [0.05, 0.1) is 12.4 Å². The number of rotatable bonds is 7. The second-order valence-electron chi connectivity index (χ2n) is 4.71. The van der Waals surface area contributed by atoms with Gasteiger partial charge in [0, 0.05) is 10.4 Å². The van der Waals surface area contributed by atoms with Crippen LogP contribution in [-0.2, 0) is 10.0 Å². The van der Waals surface area contributed by atoms with Crippen molar-refractivity contribution < 1.29 is 13.2 Å². The van der Waals surface area contributed by atoms with E-state index in [0.29, 0.717) is 6.61 Å². The summed E-state index contributed by atoms with van der Waals surface area (Å²) in [5, 5.41) is 5.10. The number of halogens is 1. The van der Waals surface area contributed by atoms with Crippen molar-refractivity contribution in [3.05, 3.63) is 28.2 Å². The van der Waals surface area contributed by atoms with E-state index in [1.807, 2.05) is 32.0 Å². The Hall–Kier alpha value is -0.590. The van der Waals surface area contributed by atoms with E-state index in [1.54, 1.807) is 0 Å². The van der Waals surface area contributed by atoms with Crippen molar-refractivity contribution >= 4 is 26.0 Å². The highest BCUT2D eigenvalue weighted by Gasteiger charge is 2.16. The van der Waals surface area contributed by atoms with E-state index in [2.05, 4.69) is 15.9 Å². The molecule has 19 heavy (non-hydrogen) atoms. The van der Waals surface area contributed by atoms with Crippen molar-refractivity contribution in [1.82, 2.24) is 0 Å². The first kappa shape index (κ1) is 16.5. The van der Waals surface area contributed by atoms with Crippen molar-refractivity contribution in [2.24, 2.45) is 11.1 Å². The normalized spacial score (nSPS) is 13.3. The maximum Gasteiger partial charge on any atom is 0.209 e. The minimum Gasteiger partial charge on any atom is -0.493 e. The monoisotopic (exact) mass is 349 g/mol. The number of ether oxygens (including phenoxy) is 1. The summed E-state index contributed by atoms with van der Waals surface area (Å²) >= 11 is 3.39. The Morgan fingerprint density at radius 3 is 2.63 bits per heavy atom. The van der Waals surface area contributed by atoms with Crippen molar-refractivity contribution in [1.29, 1.82) is 0 Å². The van der Waals surface area contributed by atoms with Crippen molar-refractivity contribution in [3.8, 4) is 5.75 Å². The molecule has 1 rings (SSSR count). The van der Waals surface area contributed by atoms with Gasteiger partial charge < -0.3 is 4.74 Å². The molecule has 0 aliphatic carbocycles. The third kappa shape index (κ3) is 6.40. The van der Waals surface area contributed by atoms with E-state index in [9.17, 15) is 8.42 Å². The Kier molecular flexibility index (Phi) is 6.29. The van der Waals surface area contributed by atoms with Crippen LogP contribution in [0.25, 0.3) is 0 Å². The van der Waals surface area contributed by atoms with Gasteiger partial charge in [0.1, 0.15) is 5.75 Å². The lowest BCUT2D eigenvalue weighted by Gasteiger charge is -2.17. The van der Waals surface area contributed by atoms with E-state index in [4.69, 9.17) is 9.88 Å². The average molecular weight is 350 g/mol. The molecule has 0 heterocycles. The number of hydrogen-bond donors (Lipinski definition) is 1. The SMILES string of the molecule is CCCC(COc1ccc(Br)cc1C)CS(N)(=O)=O. The number of aryl methyl sites for hydroxylation is 1. The highest BCUT2D eigenvalue weighted by atomic mass is 79.9. The van der Waals surface area contributed by atoms with Gasteiger partial charge in [-0.1, -0.05) is 29.3 Å². The maximum atomic E-state index is 11.2. The lowest BCUT2D eigenvalue weighted by Crippen LogP contribution is -2.27. The Balaban J connectivity index is 2.65. The molecule has 0 aliphatic heterocycles. The molecule has 4 nitrogen and oxygen atoms in total. The summed E-state index contributed by atoms with van der Waals surface area (Å²) in [5.74, 6) is 0.679. The number of sulfonamides is 1. The Morgan fingerprint density at radius 1 is 1.42 bits per heavy atom. The van der Waals surface area contributed by atoms with Gasteiger partial charge in [-0.15, -0.1) is 0 Å². The molecular formula is C13H20BrNO3S. The summed E-state index contributed by atoms with van der Waals surface area (Å²) in [6, 6.07) is 5.74. The van der Waals surface area contributed by atoms with E-state index >= 15 is 0 Å². The molecule has 1 aromatic rings. The van der Waals surface area contributed by atoms with Gasteiger partial charge in [-0.05, 0) is 37.1 Å². The molecule has 1 unspecified atom stereocenters. The smallest absolute Gasteiger partial charge is 0.209 e. The average Bonchev–Trinajstić information content (AvgIpc) is 2.26. The lowest BCUT2D eigenvalue weighted by molar-refractivity contribution is 0.251. The predicted molar refractivity (Wildman–Crippen MR) is 80.7 cm³/mol. The van der Waals surface area contributed by atoms with E-state index < -0.39 is 10.0 Å². The summed E-state index contributed by atoms with van der Waals surface area (Å²) in [5.41, 5.74) is 1.01. The van der Waals surface area contributed by atoms with Crippen LogP contribution >= 0.6 is 15.9 Å². The number of primary sulfonamides is 1. The van der Waals surface area contributed by atoms with Gasteiger partial charge in [0.15, 0.2) is 0 Å². The largest absolute Gasteiger partial charge is 0.493 e. The first-order valence-corrected chi connectivity index (χ1v) is 8.72. The molecule has 0 amide bonds. The van der Waals surface area contributed by atoms with Gasteiger partial charge in [-0.3, -0.25) is 0 Å². The summed E-state index contributed by atoms with van der Waals surface area (Å²) in [4.78, 5) is 0. The van der Waals surface area contributed by atoms with Crippen LogP contribution < -0.4 is 9.88 Å². The Labute approximate surface area is 123 Å². The standard InChI is InChI=1S/C13H20BrNO3S/c1-3-4-11(9-19(15,16)17)8-18-13-6-5-12(14)7-10(13)2/h5-7,11H,3-4,8-9H2,1-2H3,(H2,15,16,17). The highest BCUT2D eigenvalue weighted by Crippen LogP contribution is 2.23. The molecule has 0 spiro atoms. The molecule has 0 fully saturated rings. The first-order valence-electron chi connectivity index (χ1n) is 6.21.